The van der Waals surface area contributed by atoms with Crippen LogP contribution in [-0.4, -0.2) is 16.7 Å². The van der Waals surface area contributed by atoms with E-state index in [1.165, 1.54) is 0 Å². The number of nitriles is 1. The second-order valence-corrected chi connectivity index (χ2v) is 4.66. The van der Waals surface area contributed by atoms with Crippen LogP contribution in [0.3, 0.4) is 0 Å². The first kappa shape index (κ1) is 12.6. The smallest absolute Gasteiger partial charge is 0.223 e. The van der Waals surface area contributed by atoms with E-state index < -0.39 is 0 Å². The lowest BCUT2D eigenvalue weighted by molar-refractivity contribution is 0.387. The molecular formula is C12H11BrN4O. The number of aryl methyl sites for hydroxylation is 1. The minimum Gasteiger partial charge on any atom is -0.385 e. The van der Waals surface area contributed by atoms with Crippen molar-refractivity contribution in [3.63, 3.8) is 0 Å². The van der Waals surface area contributed by atoms with Gasteiger partial charge >= 0.3 is 0 Å². The molecule has 6 heteroatoms. The fourth-order valence-corrected chi connectivity index (χ4v) is 2.01. The van der Waals surface area contributed by atoms with Crippen LogP contribution in [0.4, 0.5) is 5.69 Å². The Balaban J connectivity index is 1.94. The van der Waals surface area contributed by atoms with Gasteiger partial charge in [0.05, 0.1) is 11.6 Å². The zero-order chi connectivity index (χ0) is 13.0. The highest BCUT2D eigenvalue weighted by atomic mass is 79.9. The van der Waals surface area contributed by atoms with Crippen LogP contribution in [-0.2, 0) is 6.42 Å². The lowest BCUT2D eigenvalue weighted by Crippen LogP contribution is -2.06. The van der Waals surface area contributed by atoms with Crippen molar-refractivity contribution in [3.05, 3.63) is 40.0 Å². The minimum atomic E-state index is 0.569. The monoisotopic (exact) mass is 306 g/mol. The third kappa shape index (κ3) is 3.31. The van der Waals surface area contributed by atoms with Gasteiger partial charge in [-0.2, -0.15) is 10.2 Å². The molecule has 1 heterocycles. The number of nitrogens with one attached hydrogen (secondary N) is 1. The summed E-state index contributed by atoms with van der Waals surface area (Å²) in [4.78, 5) is 4.11. The third-order valence-electron chi connectivity index (χ3n) is 2.27. The van der Waals surface area contributed by atoms with Crippen LogP contribution in [0.5, 0.6) is 0 Å². The van der Waals surface area contributed by atoms with Gasteiger partial charge < -0.3 is 9.84 Å². The molecule has 5 nitrogen and oxygen atoms in total. The predicted molar refractivity (Wildman–Crippen MR) is 70.1 cm³/mol. The summed E-state index contributed by atoms with van der Waals surface area (Å²) in [5.74, 6) is 1.25. The first-order valence-corrected chi connectivity index (χ1v) is 6.20. The number of nitrogens with zero attached hydrogens (tertiary/aromatic N) is 3. The van der Waals surface area contributed by atoms with Gasteiger partial charge in [0, 0.05) is 30.0 Å². The summed E-state index contributed by atoms with van der Waals surface area (Å²) in [6.45, 7) is 2.44. The van der Waals surface area contributed by atoms with Gasteiger partial charge in [0.15, 0.2) is 5.82 Å². The van der Waals surface area contributed by atoms with Gasteiger partial charge in [0.1, 0.15) is 0 Å². The van der Waals surface area contributed by atoms with Gasteiger partial charge in [0.2, 0.25) is 5.89 Å². The maximum Gasteiger partial charge on any atom is 0.223 e. The normalized spacial score (nSPS) is 10.1. The van der Waals surface area contributed by atoms with Crippen LogP contribution in [0, 0.1) is 18.3 Å². The molecule has 0 unspecified atom stereocenters. The van der Waals surface area contributed by atoms with Crippen LogP contribution in [0.1, 0.15) is 17.3 Å². The molecule has 92 valence electrons. The molecule has 1 aromatic carbocycles. The highest BCUT2D eigenvalue weighted by Crippen LogP contribution is 2.19. The van der Waals surface area contributed by atoms with Crippen molar-refractivity contribution in [1.29, 1.82) is 5.26 Å². The van der Waals surface area contributed by atoms with Crippen LogP contribution in [0.2, 0.25) is 0 Å². The fourth-order valence-electron chi connectivity index (χ4n) is 1.52. The maximum absolute atomic E-state index is 8.86. The molecule has 0 aliphatic heterocycles. The Kier molecular flexibility index (Phi) is 3.95. The molecule has 0 bridgehead atoms. The highest BCUT2D eigenvalue weighted by Gasteiger charge is 2.02. The van der Waals surface area contributed by atoms with Gasteiger partial charge in [-0.1, -0.05) is 21.1 Å². The number of benzene rings is 1. The van der Waals surface area contributed by atoms with E-state index >= 15 is 0 Å². The van der Waals surface area contributed by atoms with Crippen LogP contribution < -0.4 is 5.32 Å². The van der Waals surface area contributed by atoms with Gasteiger partial charge in [-0.25, -0.2) is 0 Å². The van der Waals surface area contributed by atoms with E-state index in [2.05, 4.69) is 37.5 Å². The minimum absolute atomic E-state index is 0.569. The number of aromatic nitrogens is 2. The van der Waals surface area contributed by atoms with E-state index in [1.807, 2.05) is 6.07 Å². The van der Waals surface area contributed by atoms with Crippen molar-refractivity contribution in [2.75, 3.05) is 11.9 Å². The molecule has 0 spiro atoms. The second kappa shape index (κ2) is 5.65. The zero-order valence-electron chi connectivity index (χ0n) is 9.77. The summed E-state index contributed by atoms with van der Waals surface area (Å²) < 4.78 is 5.76. The Morgan fingerprint density at radius 3 is 2.94 bits per heavy atom. The maximum atomic E-state index is 8.86. The molecule has 0 saturated carbocycles. The van der Waals surface area contributed by atoms with Crippen LogP contribution in [0.15, 0.2) is 27.2 Å². The average molecular weight is 307 g/mol. The second-order valence-electron chi connectivity index (χ2n) is 3.75. The van der Waals surface area contributed by atoms with E-state index in [0.29, 0.717) is 30.2 Å². The number of rotatable bonds is 4. The molecule has 0 aliphatic carbocycles. The fraction of sp³-hybridized carbons (Fsp3) is 0.250. The van der Waals surface area contributed by atoms with Crippen molar-refractivity contribution in [3.8, 4) is 6.07 Å². The van der Waals surface area contributed by atoms with Crippen molar-refractivity contribution in [2.24, 2.45) is 0 Å². The highest BCUT2D eigenvalue weighted by molar-refractivity contribution is 9.10. The van der Waals surface area contributed by atoms with Gasteiger partial charge in [-0.15, -0.1) is 0 Å². The average Bonchev–Trinajstić information content (AvgIpc) is 2.74. The SMILES string of the molecule is Cc1nc(CCNc2cc(Br)cc(C#N)c2)no1. The summed E-state index contributed by atoms with van der Waals surface area (Å²) in [7, 11) is 0. The Hall–Kier alpha value is -1.87. The summed E-state index contributed by atoms with van der Waals surface area (Å²) in [6, 6.07) is 7.60. The van der Waals surface area contributed by atoms with E-state index in [0.717, 1.165) is 10.2 Å². The molecule has 0 saturated heterocycles. The summed E-state index contributed by atoms with van der Waals surface area (Å²) in [6.07, 6.45) is 0.672. The number of halogens is 1. The molecule has 2 aromatic rings. The Labute approximate surface area is 113 Å². The molecular weight excluding hydrogens is 296 g/mol. The predicted octanol–water partition coefficient (Wildman–Crippen LogP) is 2.67. The van der Waals surface area contributed by atoms with Gasteiger partial charge in [-0.3, -0.25) is 0 Å². The lowest BCUT2D eigenvalue weighted by Gasteiger charge is -2.05. The lowest BCUT2D eigenvalue weighted by atomic mass is 10.2. The summed E-state index contributed by atoms with van der Waals surface area (Å²) in [5.41, 5.74) is 1.50. The molecule has 0 amide bonds. The first-order chi connectivity index (χ1) is 8.67. The number of anilines is 1. The van der Waals surface area contributed by atoms with Crippen LogP contribution in [0.25, 0.3) is 0 Å². The summed E-state index contributed by atoms with van der Waals surface area (Å²) >= 11 is 3.36. The zero-order valence-corrected chi connectivity index (χ0v) is 11.4. The van der Waals surface area contributed by atoms with Crippen molar-refractivity contribution < 1.29 is 4.52 Å². The molecule has 2 rings (SSSR count). The molecule has 0 radical (unpaired) electrons. The number of hydrogen-bond acceptors (Lipinski definition) is 5. The molecule has 0 atom stereocenters. The quantitative estimate of drug-likeness (QED) is 0.940. The molecule has 18 heavy (non-hydrogen) atoms. The van der Waals surface area contributed by atoms with Gasteiger partial charge in [0.25, 0.3) is 0 Å². The number of hydrogen-bond donors (Lipinski definition) is 1. The third-order valence-corrected chi connectivity index (χ3v) is 2.73. The van der Waals surface area contributed by atoms with E-state index in [9.17, 15) is 0 Å². The van der Waals surface area contributed by atoms with Crippen molar-refractivity contribution in [1.82, 2.24) is 10.1 Å². The Morgan fingerprint density at radius 1 is 1.44 bits per heavy atom. The molecule has 0 fully saturated rings. The summed E-state index contributed by atoms with van der Waals surface area (Å²) in [5, 5.41) is 15.9. The van der Waals surface area contributed by atoms with E-state index in [1.54, 1.807) is 19.1 Å². The van der Waals surface area contributed by atoms with Crippen LogP contribution >= 0.6 is 15.9 Å². The van der Waals surface area contributed by atoms with E-state index in [4.69, 9.17) is 9.78 Å². The van der Waals surface area contributed by atoms with Crippen molar-refractivity contribution in [2.45, 2.75) is 13.3 Å². The van der Waals surface area contributed by atoms with E-state index in [-0.39, 0.29) is 0 Å². The standard InChI is InChI=1S/C12H11BrN4O/c1-8-16-12(17-18-8)2-3-15-11-5-9(7-14)4-10(13)6-11/h4-6,15H,2-3H2,1H3. The Bertz CT molecular complexity index is 588. The van der Waals surface area contributed by atoms with Gasteiger partial charge in [-0.05, 0) is 18.2 Å². The Morgan fingerprint density at radius 2 is 2.28 bits per heavy atom. The molecule has 0 aliphatic rings. The van der Waals surface area contributed by atoms with Crippen molar-refractivity contribution >= 4 is 21.6 Å². The largest absolute Gasteiger partial charge is 0.385 e. The first-order valence-electron chi connectivity index (χ1n) is 5.41. The molecule has 1 aromatic heterocycles. The molecule has 1 N–H and O–H groups in total. The topological polar surface area (TPSA) is 74.7 Å².